The van der Waals surface area contributed by atoms with Gasteiger partial charge in [-0.25, -0.2) is 0 Å². The number of hydroxylamine groups is 3. The Labute approximate surface area is 92.1 Å². The summed E-state index contributed by atoms with van der Waals surface area (Å²) >= 11 is 0. The summed E-state index contributed by atoms with van der Waals surface area (Å²) < 4.78 is 0.164. The molecule has 3 rings (SSSR count). The van der Waals surface area contributed by atoms with Crippen LogP contribution in [0.4, 0.5) is 0 Å². The fourth-order valence-electron chi connectivity index (χ4n) is 4.16. The zero-order chi connectivity index (χ0) is 10.5. The molecule has 15 heavy (non-hydrogen) atoms. The minimum Gasteiger partial charge on any atom is -0.632 e. The van der Waals surface area contributed by atoms with Crippen LogP contribution in [0.2, 0.25) is 0 Å². The fraction of sp³-hybridized carbons (Fsp3) is 0.846. The van der Waals surface area contributed by atoms with Crippen LogP contribution in [0.1, 0.15) is 51.9 Å². The van der Waals surface area contributed by atoms with E-state index < -0.39 is 0 Å². The van der Waals surface area contributed by atoms with Gasteiger partial charge in [0.2, 0.25) is 0 Å². The summed E-state index contributed by atoms with van der Waals surface area (Å²) in [6.07, 6.45) is 10.6. The van der Waals surface area contributed by atoms with E-state index in [1.165, 1.54) is 37.7 Å². The Kier molecular flexibility index (Phi) is 2.18. The standard InChI is InChI=1S/C13H21NO/c1-10-8-12-6-2-4-11-5-3-7-13(9-10)14(11,12)15/h8,11-13H,2-7,9H2,1H3. The normalized spacial score (nSPS) is 49.5. The van der Waals surface area contributed by atoms with Crippen molar-refractivity contribution < 1.29 is 4.65 Å². The highest BCUT2D eigenvalue weighted by molar-refractivity contribution is 5.10. The lowest BCUT2D eigenvalue weighted by Crippen LogP contribution is -2.67. The van der Waals surface area contributed by atoms with E-state index in [9.17, 15) is 5.21 Å². The molecule has 4 unspecified atom stereocenters. The Morgan fingerprint density at radius 1 is 1.13 bits per heavy atom. The molecule has 0 aliphatic carbocycles. The maximum atomic E-state index is 13.1. The van der Waals surface area contributed by atoms with Gasteiger partial charge in [0.25, 0.3) is 0 Å². The predicted octanol–water partition coefficient (Wildman–Crippen LogP) is 3.12. The van der Waals surface area contributed by atoms with E-state index in [1.807, 2.05) is 0 Å². The molecule has 84 valence electrons. The van der Waals surface area contributed by atoms with Gasteiger partial charge in [0.15, 0.2) is 0 Å². The molecule has 0 N–H and O–H groups in total. The van der Waals surface area contributed by atoms with Crippen LogP contribution in [0.3, 0.4) is 0 Å². The lowest BCUT2D eigenvalue weighted by atomic mass is 9.79. The van der Waals surface area contributed by atoms with E-state index in [2.05, 4.69) is 13.0 Å². The van der Waals surface area contributed by atoms with Gasteiger partial charge in [-0.3, -0.25) is 0 Å². The molecule has 2 fully saturated rings. The smallest absolute Gasteiger partial charge is 0.108 e. The van der Waals surface area contributed by atoms with E-state index >= 15 is 0 Å². The second-order valence-corrected chi connectivity index (χ2v) is 5.72. The van der Waals surface area contributed by atoms with Crippen molar-refractivity contribution in [2.45, 2.75) is 70.0 Å². The van der Waals surface area contributed by atoms with Gasteiger partial charge in [0, 0.05) is 19.3 Å². The van der Waals surface area contributed by atoms with Crippen LogP contribution in [-0.4, -0.2) is 22.8 Å². The molecule has 0 radical (unpaired) electrons. The first kappa shape index (κ1) is 9.86. The third kappa shape index (κ3) is 1.31. The highest BCUT2D eigenvalue weighted by Crippen LogP contribution is 2.45. The van der Waals surface area contributed by atoms with E-state index in [4.69, 9.17) is 0 Å². The van der Waals surface area contributed by atoms with Crippen molar-refractivity contribution in [3.05, 3.63) is 16.9 Å². The summed E-state index contributed by atoms with van der Waals surface area (Å²) in [6, 6.07) is 1.15. The molecule has 0 spiro atoms. The summed E-state index contributed by atoms with van der Waals surface area (Å²) in [4.78, 5) is 0. The summed E-state index contributed by atoms with van der Waals surface area (Å²) in [7, 11) is 0. The van der Waals surface area contributed by atoms with Crippen molar-refractivity contribution in [1.29, 1.82) is 0 Å². The fourth-order valence-corrected chi connectivity index (χ4v) is 4.16. The average molecular weight is 207 g/mol. The molecule has 0 aromatic heterocycles. The zero-order valence-corrected chi connectivity index (χ0v) is 9.61. The lowest BCUT2D eigenvalue weighted by Gasteiger charge is -2.63. The van der Waals surface area contributed by atoms with E-state index in [0.717, 1.165) is 12.8 Å². The Hall–Kier alpha value is -0.340. The molecule has 2 heteroatoms. The largest absolute Gasteiger partial charge is 0.632 e. The van der Waals surface area contributed by atoms with Crippen molar-refractivity contribution in [2.24, 2.45) is 0 Å². The van der Waals surface area contributed by atoms with Crippen molar-refractivity contribution in [1.82, 2.24) is 0 Å². The summed E-state index contributed by atoms with van der Waals surface area (Å²) in [5, 5.41) is 13.1. The summed E-state index contributed by atoms with van der Waals surface area (Å²) in [6.45, 7) is 2.21. The number of quaternary nitrogens is 1. The minimum atomic E-state index is 0.164. The molecule has 4 atom stereocenters. The minimum absolute atomic E-state index is 0.164. The van der Waals surface area contributed by atoms with Crippen molar-refractivity contribution in [2.75, 3.05) is 0 Å². The van der Waals surface area contributed by atoms with Gasteiger partial charge in [-0.15, -0.1) is 0 Å². The second kappa shape index (κ2) is 3.33. The first-order chi connectivity index (χ1) is 7.21. The van der Waals surface area contributed by atoms with Crippen LogP contribution in [0, 0.1) is 5.21 Å². The highest BCUT2D eigenvalue weighted by Gasteiger charge is 2.48. The molecular weight excluding hydrogens is 186 g/mol. The van der Waals surface area contributed by atoms with Crippen LogP contribution < -0.4 is 0 Å². The van der Waals surface area contributed by atoms with Crippen LogP contribution in [0.25, 0.3) is 0 Å². The van der Waals surface area contributed by atoms with Gasteiger partial charge >= 0.3 is 0 Å². The topological polar surface area (TPSA) is 23.1 Å². The van der Waals surface area contributed by atoms with Gasteiger partial charge in [0.05, 0.1) is 12.1 Å². The first-order valence-electron chi connectivity index (χ1n) is 6.47. The van der Waals surface area contributed by atoms with Crippen LogP contribution in [-0.2, 0) is 0 Å². The molecule has 2 nitrogen and oxygen atoms in total. The number of hydrogen-bond acceptors (Lipinski definition) is 1. The van der Waals surface area contributed by atoms with E-state index in [1.54, 1.807) is 0 Å². The maximum absolute atomic E-state index is 13.1. The Morgan fingerprint density at radius 3 is 2.60 bits per heavy atom. The Balaban J connectivity index is 2.00. The van der Waals surface area contributed by atoms with Gasteiger partial charge in [-0.1, -0.05) is 5.57 Å². The highest BCUT2D eigenvalue weighted by atomic mass is 16.6. The number of hydrogen-bond donors (Lipinski definition) is 0. The molecule has 0 bridgehead atoms. The van der Waals surface area contributed by atoms with Gasteiger partial charge in [-0.2, -0.15) is 0 Å². The average Bonchev–Trinajstić information content (AvgIpc) is 2.19. The lowest BCUT2D eigenvalue weighted by molar-refractivity contribution is -0.957. The van der Waals surface area contributed by atoms with Crippen molar-refractivity contribution in [3.8, 4) is 0 Å². The van der Waals surface area contributed by atoms with Crippen LogP contribution in [0.5, 0.6) is 0 Å². The molecule has 3 heterocycles. The third-order valence-corrected chi connectivity index (χ3v) is 4.81. The summed E-state index contributed by atoms with van der Waals surface area (Å²) in [5.41, 5.74) is 1.47. The zero-order valence-electron chi connectivity index (χ0n) is 9.61. The molecule has 0 amide bonds. The Bertz CT molecular complexity index is 297. The molecule has 2 saturated heterocycles. The van der Waals surface area contributed by atoms with Crippen LogP contribution >= 0.6 is 0 Å². The van der Waals surface area contributed by atoms with E-state index in [-0.39, 0.29) is 4.65 Å². The van der Waals surface area contributed by atoms with Crippen molar-refractivity contribution >= 4 is 0 Å². The predicted molar refractivity (Wildman–Crippen MR) is 61.1 cm³/mol. The first-order valence-corrected chi connectivity index (χ1v) is 6.47. The van der Waals surface area contributed by atoms with Gasteiger partial charge in [-0.05, 0) is 38.7 Å². The van der Waals surface area contributed by atoms with Gasteiger partial charge in [0.1, 0.15) is 6.04 Å². The number of piperidine rings is 2. The molecule has 3 aliphatic heterocycles. The molecular formula is C13H21NO. The molecule has 0 aromatic carbocycles. The van der Waals surface area contributed by atoms with Crippen LogP contribution in [0.15, 0.2) is 11.6 Å². The SMILES string of the molecule is CC1=CC2CCCC3CCCC(C1)[N+]23[O-]. The molecule has 0 aromatic rings. The Morgan fingerprint density at radius 2 is 1.80 bits per heavy atom. The summed E-state index contributed by atoms with van der Waals surface area (Å²) in [5.74, 6) is 0. The maximum Gasteiger partial charge on any atom is 0.108 e. The van der Waals surface area contributed by atoms with Gasteiger partial charge < -0.3 is 9.85 Å². The van der Waals surface area contributed by atoms with E-state index in [0.29, 0.717) is 18.1 Å². The number of rotatable bonds is 0. The molecule has 0 saturated carbocycles. The second-order valence-electron chi connectivity index (χ2n) is 5.72. The monoisotopic (exact) mass is 207 g/mol. The quantitative estimate of drug-likeness (QED) is 0.340. The number of nitrogens with zero attached hydrogens (tertiary/aromatic N) is 1. The molecule has 3 aliphatic rings. The third-order valence-electron chi connectivity index (χ3n) is 4.81. The van der Waals surface area contributed by atoms with Crippen molar-refractivity contribution in [3.63, 3.8) is 0 Å².